The molecule has 100 valence electrons. The van der Waals surface area contributed by atoms with Gasteiger partial charge in [0.25, 0.3) is 0 Å². The highest BCUT2D eigenvalue weighted by molar-refractivity contribution is 5.76. The molecule has 0 spiro atoms. The van der Waals surface area contributed by atoms with Crippen LogP contribution in [-0.2, 0) is 11.2 Å². The van der Waals surface area contributed by atoms with Gasteiger partial charge >= 0.3 is 0 Å². The van der Waals surface area contributed by atoms with Crippen molar-refractivity contribution in [1.82, 2.24) is 4.90 Å². The highest BCUT2D eigenvalue weighted by atomic mass is 16.5. The third-order valence-corrected chi connectivity index (χ3v) is 3.03. The van der Waals surface area contributed by atoms with Crippen molar-refractivity contribution in [2.75, 3.05) is 20.7 Å². The van der Waals surface area contributed by atoms with Gasteiger partial charge in [0.05, 0.1) is 7.11 Å². The summed E-state index contributed by atoms with van der Waals surface area (Å²) in [5.41, 5.74) is 1.14. The zero-order chi connectivity index (χ0) is 13.4. The van der Waals surface area contributed by atoms with Crippen LogP contribution in [0, 0.1) is 0 Å². The summed E-state index contributed by atoms with van der Waals surface area (Å²) in [6.45, 7) is 2.99. The summed E-state index contributed by atoms with van der Waals surface area (Å²) >= 11 is 0. The molecule has 0 aliphatic carbocycles. The Kier molecular flexibility index (Phi) is 6.26. The second-order valence-electron chi connectivity index (χ2n) is 4.52. The second kappa shape index (κ2) is 7.75. The van der Waals surface area contributed by atoms with Crippen LogP contribution in [0.4, 0.5) is 0 Å². The molecule has 0 atom stereocenters. The van der Waals surface area contributed by atoms with Crippen molar-refractivity contribution >= 4 is 5.91 Å². The summed E-state index contributed by atoms with van der Waals surface area (Å²) in [7, 11) is 3.53. The average molecular weight is 249 g/mol. The number of hydrogen-bond acceptors (Lipinski definition) is 2. The number of aryl methyl sites for hydroxylation is 1. The standard InChI is InChI=1S/C15H23NO2/c1-4-5-11-16(2)15(17)10-9-13-7-6-8-14(12-13)18-3/h6-8,12H,4-5,9-11H2,1-3H3. The first-order valence-corrected chi connectivity index (χ1v) is 6.54. The summed E-state index contributed by atoms with van der Waals surface area (Å²) in [5, 5.41) is 0. The lowest BCUT2D eigenvalue weighted by Gasteiger charge is -2.16. The minimum Gasteiger partial charge on any atom is -0.497 e. The number of hydrogen-bond donors (Lipinski definition) is 0. The number of unbranched alkanes of at least 4 members (excludes halogenated alkanes) is 1. The zero-order valence-corrected chi connectivity index (χ0v) is 11.6. The lowest BCUT2D eigenvalue weighted by atomic mass is 10.1. The van der Waals surface area contributed by atoms with Crippen LogP contribution in [0.2, 0.25) is 0 Å². The number of nitrogens with zero attached hydrogens (tertiary/aromatic N) is 1. The molecule has 0 bridgehead atoms. The van der Waals surface area contributed by atoms with E-state index in [0.717, 1.165) is 37.1 Å². The van der Waals surface area contributed by atoms with Crippen LogP contribution in [0.3, 0.4) is 0 Å². The molecule has 3 nitrogen and oxygen atoms in total. The molecule has 0 unspecified atom stereocenters. The average Bonchev–Trinajstić information content (AvgIpc) is 2.42. The van der Waals surface area contributed by atoms with Crippen molar-refractivity contribution in [2.24, 2.45) is 0 Å². The Morgan fingerprint density at radius 2 is 2.17 bits per heavy atom. The maximum absolute atomic E-state index is 11.9. The van der Waals surface area contributed by atoms with Crippen molar-refractivity contribution in [2.45, 2.75) is 32.6 Å². The Bertz CT molecular complexity index is 377. The molecule has 0 heterocycles. The van der Waals surface area contributed by atoms with Crippen molar-refractivity contribution in [3.63, 3.8) is 0 Å². The van der Waals surface area contributed by atoms with E-state index in [0.29, 0.717) is 6.42 Å². The fourth-order valence-electron chi connectivity index (χ4n) is 1.79. The second-order valence-corrected chi connectivity index (χ2v) is 4.52. The quantitative estimate of drug-likeness (QED) is 0.743. The lowest BCUT2D eigenvalue weighted by molar-refractivity contribution is -0.129. The van der Waals surface area contributed by atoms with Gasteiger partial charge in [-0.3, -0.25) is 4.79 Å². The molecule has 1 aromatic rings. The van der Waals surface area contributed by atoms with E-state index in [4.69, 9.17) is 4.74 Å². The topological polar surface area (TPSA) is 29.5 Å². The molecule has 0 aromatic heterocycles. The first kappa shape index (κ1) is 14.6. The van der Waals surface area contributed by atoms with Crippen LogP contribution in [0.15, 0.2) is 24.3 Å². The Balaban J connectivity index is 2.41. The van der Waals surface area contributed by atoms with E-state index < -0.39 is 0 Å². The van der Waals surface area contributed by atoms with Gasteiger partial charge in [-0.25, -0.2) is 0 Å². The normalized spacial score (nSPS) is 10.2. The number of methoxy groups -OCH3 is 1. The number of amides is 1. The molecule has 18 heavy (non-hydrogen) atoms. The molecule has 0 aliphatic rings. The van der Waals surface area contributed by atoms with Crippen LogP contribution in [0.25, 0.3) is 0 Å². The first-order valence-electron chi connectivity index (χ1n) is 6.54. The molecule has 0 radical (unpaired) electrons. The minimum absolute atomic E-state index is 0.214. The van der Waals surface area contributed by atoms with Crippen molar-refractivity contribution in [3.8, 4) is 5.75 Å². The van der Waals surface area contributed by atoms with Gasteiger partial charge < -0.3 is 9.64 Å². The number of carbonyl (C=O) groups excluding carboxylic acids is 1. The predicted octanol–water partition coefficient (Wildman–Crippen LogP) is 2.89. The molecular weight excluding hydrogens is 226 g/mol. The highest BCUT2D eigenvalue weighted by Gasteiger charge is 2.08. The molecule has 3 heteroatoms. The highest BCUT2D eigenvalue weighted by Crippen LogP contribution is 2.14. The molecule has 1 aromatic carbocycles. The van der Waals surface area contributed by atoms with Gasteiger partial charge in [0.1, 0.15) is 5.75 Å². The van der Waals surface area contributed by atoms with Gasteiger partial charge in [-0.1, -0.05) is 25.5 Å². The van der Waals surface area contributed by atoms with Gasteiger partial charge in [-0.2, -0.15) is 0 Å². The van der Waals surface area contributed by atoms with Crippen LogP contribution < -0.4 is 4.74 Å². The van der Waals surface area contributed by atoms with E-state index in [1.165, 1.54) is 0 Å². The summed E-state index contributed by atoms with van der Waals surface area (Å²) in [4.78, 5) is 13.7. The monoisotopic (exact) mass is 249 g/mol. The Labute approximate surface area is 110 Å². The van der Waals surface area contributed by atoms with Crippen molar-refractivity contribution < 1.29 is 9.53 Å². The van der Waals surface area contributed by atoms with E-state index >= 15 is 0 Å². The maximum atomic E-state index is 11.9. The smallest absolute Gasteiger partial charge is 0.222 e. The number of benzene rings is 1. The van der Waals surface area contributed by atoms with Gasteiger partial charge in [-0.05, 0) is 30.5 Å². The van der Waals surface area contributed by atoms with Crippen molar-refractivity contribution in [1.29, 1.82) is 0 Å². The Morgan fingerprint density at radius 1 is 1.39 bits per heavy atom. The maximum Gasteiger partial charge on any atom is 0.222 e. The van der Waals surface area contributed by atoms with E-state index in [9.17, 15) is 4.79 Å². The third-order valence-electron chi connectivity index (χ3n) is 3.03. The van der Waals surface area contributed by atoms with Crippen LogP contribution in [0.5, 0.6) is 5.75 Å². The Hall–Kier alpha value is -1.51. The summed E-state index contributed by atoms with van der Waals surface area (Å²) in [6, 6.07) is 7.89. The predicted molar refractivity (Wildman–Crippen MR) is 73.9 cm³/mol. The molecule has 0 N–H and O–H groups in total. The van der Waals surface area contributed by atoms with Gasteiger partial charge in [0.15, 0.2) is 0 Å². The van der Waals surface area contributed by atoms with E-state index in [1.54, 1.807) is 7.11 Å². The van der Waals surface area contributed by atoms with Gasteiger partial charge in [0, 0.05) is 20.0 Å². The molecule has 0 saturated heterocycles. The molecule has 1 rings (SSSR count). The molecule has 0 saturated carbocycles. The molecular formula is C15H23NO2. The van der Waals surface area contributed by atoms with Gasteiger partial charge in [-0.15, -0.1) is 0 Å². The minimum atomic E-state index is 0.214. The number of rotatable bonds is 7. The third kappa shape index (κ3) is 4.78. The number of carbonyl (C=O) groups is 1. The van der Waals surface area contributed by atoms with Crippen LogP contribution in [0.1, 0.15) is 31.7 Å². The fraction of sp³-hybridized carbons (Fsp3) is 0.533. The zero-order valence-electron chi connectivity index (χ0n) is 11.6. The molecule has 0 fully saturated rings. The SMILES string of the molecule is CCCCN(C)C(=O)CCc1cccc(OC)c1. The van der Waals surface area contributed by atoms with Crippen molar-refractivity contribution in [3.05, 3.63) is 29.8 Å². The van der Waals surface area contributed by atoms with Crippen LogP contribution in [-0.4, -0.2) is 31.5 Å². The fourth-order valence-corrected chi connectivity index (χ4v) is 1.79. The van der Waals surface area contributed by atoms with E-state index in [2.05, 4.69) is 6.92 Å². The molecule has 1 amide bonds. The lowest BCUT2D eigenvalue weighted by Crippen LogP contribution is -2.27. The summed E-state index contributed by atoms with van der Waals surface area (Å²) in [5.74, 6) is 1.06. The van der Waals surface area contributed by atoms with E-state index in [1.807, 2.05) is 36.2 Å². The largest absolute Gasteiger partial charge is 0.497 e. The van der Waals surface area contributed by atoms with E-state index in [-0.39, 0.29) is 5.91 Å². The van der Waals surface area contributed by atoms with Crippen LogP contribution >= 0.6 is 0 Å². The number of ether oxygens (including phenoxy) is 1. The first-order chi connectivity index (χ1) is 8.67. The Morgan fingerprint density at radius 3 is 2.83 bits per heavy atom. The molecule has 0 aliphatic heterocycles. The van der Waals surface area contributed by atoms with Gasteiger partial charge in [0.2, 0.25) is 5.91 Å². The summed E-state index contributed by atoms with van der Waals surface area (Å²) in [6.07, 6.45) is 3.52. The summed E-state index contributed by atoms with van der Waals surface area (Å²) < 4.78 is 5.17.